The molecule has 0 saturated heterocycles. The van der Waals surface area contributed by atoms with E-state index in [1.807, 2.05) is 0 Å². The lowest BCUT2D eigenvalue weighted by atomic mass is 10.2. The standard InChI is InChI=1S/C13H22N4O3S.HI/c1-3-17-21(18,19)12-6-4-11(5-7-12)10-16-13(14)15-8-9-20-2;/h4-7,17H,3,8-10H2,1-2H3,(H3,14,15,16);1H. The van der Waals surface area contributed by atoms with Gasteiger partial charge in [-0.3, -0.25) is 0 Å². The first kappa shape index (κ1) is 21.1. The van der Waals surface area contributed by atoms with Gasteiger partial charge in [-0.2, -0.15) is 0 Å². The number of hydrogen-bond donors (Lipinski definition) is 3. The summed E-state index contributed by atoms with van der Waals surface area (Å²) in [6.45, 7) is 3.62. The lowest BCUT2D eigenvalue weighted by Gasteiger charge is -2.06. The van der Waals surface area contributed by atoms with E-state index in [1.54, 1.807) is 38.3 Å². The molecule has 0 fully saturated rings. The summed E-state index contributed by atoms with van der Waals surface area (Å²) < 4.78 is 30.9. The highest BCUT2D eigenvalue weighted by Gasteiger charge is 2.11. The predicted octanol–water partition coefficient (Wildman–Crippen LogP) is 0.653. The van der Waals surface area contributed by atoms with Crippen molar-refractivity contribution in [2.45, 2.75) is 18.4 Å². The van der Waals surface area contributed by atoms with Crippen LogP contribution in [0.3, 0.4) is 0 Å². The van der Waals surface area contributed by atoms with E-state index in [9.17, 15) is 8.42 Å². The first-order chi connectivity index (χ1) is 9.99. The Morgan fingerprint density at radius 1 is 1.32 bits per heavy atom. The molecule has 0 aliphatic carbocycles. The molecule has 0 bridgehead atoms. The van der Waals surface area contributed by atoms with Crippen molar-refractivity contribution in [3.05, 3.63) is 29.8 Å². The molecular weight excluding hydrogens is 419 g/mol. The molecule has 9 heteroatoms. The first-order valence-corrected chi connectivity index (χ1v) is 8.09. The molecular formula is C13H23IN4O3S. The summed E-state index contributed by atoms with van der Waals surface area (Å²) in [5, 5.41) is 2.90. The Morgan fingerprint density at radius 3 is 2.50 bits per heavy atom. The second kappa shape index (κ2) is 10.8. The highest BCUT2D eigenvalue weighted by molar-refractivity contribution is 14.0. The number of benzene rings is 1. The highest BCUT2D eigenvalue weighted by atomic mass is 127. The summed E-state index contributed by atoms with van der Waals surface area (Å²) in [6, 6.07) is 6.54. The topological polar surface area (TPSA) is 106 Å². The third kappa shape index (κ3) is 7.38. The molecule has 22 heavy (non-hydrogen) atoms. The molecule has 1 aromatic carbocycles. The number of hydrogen-bond acceptors (Lipinski definition) is 4. The van der Waals surface area contributed by atoms with E-state index in [2.05, 4.69) is 15.0 Å². The van der Waals surface area contributed by atoms with E-state index < -0.39 is 10.0 Å². The molecule has 0 atom stereocenters. The molecule has 126 valence electrons. The van der Waals surface area contributed by atoms with Crippen molar-refractivity contribution in [2.24, 2.45) is 10.7 Å². The molecule has 0 spiro atoms. The van der Waals surface area contributed by atoms with Crippen molar-refractivity contribution < 1.29 is 13.2 Å². The van der Waals surface area contributed by atoms with E-state index >= 15 is 0 Å². The van der Waals surface area contributed by atoms with Crippen LogP contribution in [-0.2, 0) is 21.3 Å². The lowest BCUT2D eigenvalue weighted by Crippen LogP contribution is -2.34. The Bertz CT molecular complexity index is 561. The maximum atomic E-state index is 11.8. The minimum absolute atomic E-state index is 0. The molecule has 0 aliphatic heterocycles. The van der Waals surface area contributed by atoms with E-state index in [4.69, 9.17) is 10.5 Å². The van der Waals surface area contributed by atoms with E-state index in [0.717, 1.165) is 5.56 Å². The van der Waals surface area contributed by atoms with Gasteiger partial charge in [0.2, 0.25) is 10.0 Å². The van der Waals surface area contributed by atoms with Crippen molar-refractivity contribution in [1.29, 1.82) is 0 Å². The first-order valence-electron chi connectivity index (χ1n) is 6.61. The van der Waals surface area contributed by atoms with Crippen LogP contribution in [-0.4, -0.2) is 41.2 Å². The second-order valence-corrected chi connectivity index (χ2v) is 6.03. The zero-order chi connectivity index (χ0) is 15.7. The summed E-state index contributed by atoms with van der Waals surface area (Å²) in [6.07, 6.45) is 0. The van der Waals surface area contributed by atoms with Crippen LogP contribution < -0.4 is 15.8 Å². The number of halogens is 1. The summed E-state index contributed by atoms with van der Waals surface area (Å²) in [4.78, 5) is 4.40. The van der Waals surface area contributed by atoms with Gasteiger partial charge in [-0.1, -0.05) is 19.1 Å². The van der Waals surface area contributed by atoms with Gasteiger partial charge in [0, 0.05) is 20.2 Å². The van der Waals surface area contributed by atoms with Crippen LogP contribution in [0.1, 0.15) is 12.5 Å². The van der Waals surface area contributed by atoms with Gasteiger partial charge < -0.3 is 15.8 Å². The van der Waals surface area contributed by atoms with Gasteiger partial charge in [0.15, 0.2) is 5.96 Å². The number of nitrogens with one attached hydrogen (secondary N) is 2. The third-order valence-corrected chi connectivity index (χ3v) is 4.17. The number of rotatable bonds is 8. The normalized spacial score (nSPS) is 11.8. The zero-order valence-electron chi connectivity index (χ0n) is 12.7. The van der Waals surface area contributed by atoms with E-state index in [1.165, 1.54) is 0 Å². The SMILES string of the molecule is CCNS(=O)(=O)c1ccc(CN=C(N)NCCOC)cc1.I. The average molecular weight is 442 g/mol. The van der Waals surface area contributed by atoms with Crippen molar-refractivity contribution in [2.75, 3.05) is 26.8 Å². The molecule has 0 radical (unpaired) electrons. The predicted molar refractivity (Wildman–Crippen MR) is 97.9 cm³/mol. The smallest absolute Gasteiger partial charge is 0.240 e. The average Bonchev–Trinajstić information content (AvgIpc) is 2.46. The summed E-state index contributed by atoms with van der Waals surface area (Å²) in [5.74, 6) is 0.330. The molecule has 1 aromatic rings. The van der Waals surface area contributed by atoms with Crippen LogP contribution in [0.2, 0.25) is 0 Å². The van der Waals surface area contributed by atoms with Crippen molar-refractivity contribution in [1.82, 2.24) is 10.0 Å². The van der Waals surface area contributed by atoms with Crippen LogP contribution in [0.15, 0.2) is 34.2 Å². The Hall–Kier alpha value is -0.910. The Balaban J connectivity index is 0.00000441. The van der Waals surface area contributed by atoms with Gasteiger partial charge in [0.05, 0.1) is 18.0 Å². The Morgan fingerprint density at radius 2 is 1.95 bits per heavy atom. The molecule has 0 saturated carbocycles. The molecule has 4 N–H and O–H groups in total. The van der Waals surface area contributed by atoms with Gasteiger partial charge in [0.25, 0.3) is 0 Å². The largest absolute Gasteiger partial charge is 0.383 e. The molecule has 0 heterocycles. The summed E-state index contributed by atoms with van der Waals surface area (Å²) in [7, 11) is -1.80. The molecule has 0 aliphatic rings. The maximum absolute atomic E-state index is 11.8. The van der Waals surface area contributed by atoms with Gasteiger partial charge in [-0.15, -0.1) is 24.0 Å². The number of nitrogens with zero attached hydrogens (tertiary/aromatic N) is 1. The highest BCUT2D eigenvalue weighted by Crippen LogP contribution is 2.11. The number of sulfonamides is 1. The molecule has 0 amide bonds. The zero-order valence-corrected chi connectivity index (χ0v) is 15.9. The number of nitrogens with two attached hydrogens (primary N) is 1. The van der Waals surface area contributed by atoms with E-state index in [-0.39, 0.29) is 28.9 Å². The molecule has 0 unspecified atom stereocenters. The quantitative estimate of drug-likeness (QED) is 0.237. The number of methoxy groups -OCH3 is 1. The lowest BCUT2D eigenvalue weighted by molar-refractivity contribution is 0.204. The molecule has 7 nitrogen and oxygen atoms in total. The van der Waals surface area contributed by atoms with Gasteiger partial charge in [-0.05, 0) is 17.7 Å². The second-order valence-electron chi connectivity index (χ2n) is 4.27. The monoisotopic (exact) mass is 442 g/mol. The fourth-order valence-corrected chi connectivity index (χ4v) is 2.60. The van der Waals surface area contributed by atoms with Crippen molar-refractivity contribution in [3.63, 3.8) is 0 Å². The van der Waals surface area contributed by atoms with Crippen LogP contribution in [0.4, 0.5) is 0 Å². The van der Waals surface area contributed by atoms with Gasteiger partial charge in [0.1, 0.15) is 0 Å². The fourth-order valence-electron chi connectivity index (χ4n) is 1.56. The van der Waals surface area contributed by atoms with E-state index in [0.29, 0.717) is 32.2 Å². The minimum Gasteiger partial charge on any atom is -0.383 e. The van der Waals surface area contributed by atoms with Crippen molar-refractivity contribution in [3.8, 4) is 0 Å². The number of aliphatic imine (C=N–C) groups is 1. The Labute approximate surface area is 148 Å². The summed E-state index contributed by atoms with van der Waals surface area (Å²) in [5.41, 5.74) is 6.56. The third-order valence-electron chi connectivity index (χ3n) is 2.61. The van der Waals surface area contributed by atoms with Crippen molar-refractivity contribution >= 4 is 40.0 Å². The number of guanidine groups is 1. The maximum Gasteiger partial charge on any atom is 0.240 e. The molecule has 0 aromatic heterocycles. The number of ether oxygens (including phenoxy) is 1. The van der Waals surface area contributed by atoms with Crippen LogP contribution in [0, 0.1) is 0 Å². The minimum atomic E-state index is -3.41. The van der Waals surface area contributed by atoms with Crippen LogP contribution >= 0.6 is 24.0 Å². The molecule has 1 rings (SSSR count). The Kier molecular flexibility index (Phi) is 10.3. The summed E-state index contributed by atoms with van der Waals surface area (Å²) >= 11 is 0. The van der Waals surface area contributed by atoms with Gasteiger partial charge >= 0.3 is 0 Å². The van der Waals surface area contributed by atoms with Gasteiger partial charge in [-0.25, -0.2) is 18.1 Å². The van der Waals surface area contributed by atoms with Crippen LogP contribution in [0.5, 0.6) is 0 Å². The fraction of sp³-hybridized carbons (Fsp3) is 0.462. The van der Waals surface area contributed by atoms with Crippen LogP contribution in [0.25, 0.3) is 0 Å².